The van der Waals surface area contributed by atoms with Crippen molar-refractivity contribution in [2.75, 3.05) is 12.3 Å². The summed E-state index contributed by atoms with van der Waals surface area (Å²) >= 11 is 4.97. The second kappa shape index (κ2) is 7.34. The van der Waals surface area contributed by atoms with Gasteiger partial charge in [0.15, 0.2) is 0 Å². The molecule has 6 heteroatoms. The van der Waals surface area contributed by atoms with Crippen molar-refractivity contribution >= 4 is 39.6 Å². The molecule has 0 aliphatic carbocycles. The molecule has 0 aliphatic rings. The number of nitrogens with one attached hydrogen (secondary N) is 1. The molecule has 0 saturated carbocycles. The number of hydrogen-bond donors (Lipinski definition) is 2. The Morgan fingerprint density at radius 1 is 1.35 bits per heavy atom. The van der Waals surface area contributed by atoms with Crippen molar-refractivity contribution in [1.29, 1.82) is 0 Å². The maximum Gasteiger partial charge on any atom is 0.322 e. The minimum Gasteiger partial charge on any atom is -0.480 e. The van der Waals surface area contributed by atoms with E-state index in [0.29, 0.717) is 12.2 Å². The Bertz CT molecular complexity index is 411. The molecule has 0 spiro atoms. The molecular formula is C11H12BrNO3S. The van der Waals surface area contributed by atoms with Gasteiger partial charge < -0.3 is 10.4 Å². The van der Waals surface area contributed by atoms with Crippen molar-refractivity contribution in [3.8, 4) is 0 Å². The van der Waals surface area contributed by atoms with Crippen molar-refractivity contribution in [2.45, 2.75) is 11.3 Å². The van der Waals surface area contributed by atoms with Gasteiger partial charge >= 0.3 is 5.97 Å². The van der Waals surface area contributed by atoms with E-state index in [1.807, 2.05) is 24.3 Å². The number of rotatable bonds is 6. The van der Waals surface area contributed by atoms with Crippen LogP contribution in [0.5, 0.6) is 0 Å². The molecule has 1 aromatic rings. The molecule has 0 aromatic heterocycles. The summed E-state index contributed by atoms with van der Waals surface area (Å²) in [4.78, 5) is 22.5. The summed E-state index contributed by atoms with van der Waals surface area (Å²) in [6, 6.07) is 7.75. The number of halogens is 1. The third-order valence-electron chi connectivity index (χ3n) is 1.86. The lowest BCUT2D eigenvalue weighted by Gasteiger charge is -2.04. The highest BCUT2D eigenvalue weighted by Crippen LogP contribution is 2.27. The molecule has 0 atom stereocenters. The summed E-state index contributed by atoms with van der Waals surface area (Å²) in [5.74, 6) is -0.655. The lowest BCUT2D eigenvalue weighted by atomic mass is 10.4. The largest absolute Gasteiger partial charge is 0.480 e. The van der Waals surface area contributed by atoms with Gasteiger partial charge in [-0.25, -0.2) is 0 Å². The third-order valence-corrected chi connectivity index (χ3v) is 3.89. The van der Waals surface area contributed by atoms with Crippen LogP contribution in [-0.4, -0.2) is 29.3 Å². The average Bonchev–Trinajstić information content (AvgIpc) is 2.29. The molecule has 0 heterocycles. The van der Waals surface area contributed by atoms with Crippen LogP contribution in [0.25, 0.3) is 0 Å². The number of carboxylic acid groups (broad SMARTS) is 1. The Balaban J connectivity index is 2.26. The van der Waals surface area contributed by atoms with Gasteiger partial charge in [0.25, 0.3) is 0 Å². The zero-order valence-electron chi connectivity index (χ0n) is 8.98. The molecule has 0 unspecified atom stereocenters. The Labute approximate surface area is 112 Å². The molecule has 17 heavy (non-hydrogen) atoms. The first kappa shape index (κ1) is 14.1. The molecule has 0 saturated heterocycles. The fourth-order valence-corrected chi connectivity index (χ4v) is 2.59. The maximum absolute atomic E-state index is 11.2. The highest BCUT2D eigenvalue weighted by atomic mass is 79.9. The summed E-state index contributed by atoms with van der Waals surface area (Å²) in [7, 11) is 0. The average molecular weight is 318 g/mol. The molecule has 0 aliphatic heterocycles. The minimum atomic E-state index is -1.03. The molecule has 1 aromatic carbocycles. The van der Waals surface area contributed by atoms with Crippen molar-refractivity contribution in [3.63, 3.8) is 0 Å². The van der Waals surface area contributed by atoms with Crippen LogP contribution in [0.4, 0.5) is 0 Å². The first-order chi connectivity index (χ1) is 8.09. The van der Waals surface area contributed by atoms with Crippen LogP contribution in [0.15, 0.2) is 33.6 Å². The highest BCUT2D eigenvalue weighted by molar-refractivity contribution is 9.10. The second-order valence-corrected chi connectivity index (χ2v) is 5.19. The van der Waals surface area contributed by atoms with E-state index in [2.05, 4.69) is 21.2 Å². The van der Waals surface area contributed by atoms with Crippen LogP contribution in [0.1, 0.15) is 6.42 Å². The topological polar surface area (TPSA) is 66.4 Å². The van der Waals surface area contributed by atoms with Crippen molar-refractivity contribution < 1.29 is 14.7 Å². The van der Waals surface area contributed by atoms with Crippen LogP contribution in [-0.2, 0) is 9.59 Å². The summed E-state index contributed by atoms with van der Waals surface area (Å²) < 4.78 is 0.996. The Hall–Kier alpha value is -1.01. The monoisotopic (exact) mass is 317 g/mol. The number of carbonyl (C=O) groups is 2. The molecule has 2 N–H and O–H groups in total. The number of benzene rings is 1. The summed E-state index contributed by atoms with van der Waals surface area (Å²) in [5.41, 5.74) is 0. The normalized spacial score (nSPS) is 9.94. The van der Waals surface area contributed by atoms with Gasteiger partial charge in [-0.1, -0.05) is 12.1 Å². The van der Waals surface area contributed by atoms with Crippen LogP contribution >= 0.6 is 27.7 Å². The van der Waals surface area contributed by atoms with E-state index < -0.39 is 5.97 Å². The van der Waals surface area contributed by atoms with Crippen LogP contribution in [0.2, 0.25) is 0 Å². The van der Waals surface area contributed by atoms with Crippen molar-refractivity contribution in [3.05, 3.63) is 28.7 Å². The smallest absolute Gasteiger partial charge is 0.322 e. The predicted octanol–water partition coefficient (Wildman–Crippen LogP) is 2.13. The van der Waals surface area contributed by atoms with E-state index in [1.54, 1.807) is 11.8 Å². The molecule has 1 amide bonds. The molecule has 1 rings (SSSR count). The van der Waals surface area contributed by atoms with E-state index in [0.717, 1.165) is 9.37 Å². The van der Waals surface area contributed by atoms with Crippen molar-refractivity contribution in [1.82, 2.24) is 5.32 Å². The molecule has 92 valence electrons. The minimum absolute atomic E-state index is 0.244. The van der Waals surface area contributed by atoms with Crippen LogP contribution in [0, 0.1) is 0 Å². The number of aliphatic carboxylic acids is 1. The summed E-state index contributed by atoms with van der Waals surface area (Å²) in [6.07, 6.45) is 0.305. The number of thioether (sulfide) groups is 1. The molecular weight excluding hydrogens is 306 g/mol. The summed E-state index contributed by atoms with van der Waals surface area (Å²) in [5, 5.41) is 10.7. The highest BCUT2D eigenvalue weighted by Gasteiger charge is 2.05. The van der Waals surface area contributed by atoms with Gasteiger partial charge in [0.05, 0.1) is 0 Å². The van der Waals surface area contributed by atoms with E-state index in [1.165, 1.54) is 0 Å². The standard InChI is InChI=1S/C11H12BrNO3S/c12-8-3-1-2-4-9(8)17-6-5-10(14)13-7-11(15)16/h1-4H,5-7H2,(H,13,14)(H,15,16). The fourth-order valence-electron chi connectivity index (χ4n) is 1.08. The Kier molecular flexibility index (Phi) is 6.07. The van der Waals surface area contributed by atoms with Gasteiger partial charge in [-0.05, 0) is 28.1 Å². The molecule has 0 fully saturated rings. The quantitative estimate of drug-likeness (QED) is 0.789. The Morgan fingerprint density at radius 3 is 2.71 bits per heavy atom. The van der Waals surface area contributed by atoms with Gasteiger partial charge in [0.1, 0.15) is 6.54 Å². The number of carbonyl (C=O) groups excluding carboxylic acids is 1. The number of hydrogen-bond acceptors (Lipinski definition) is 3. The molecule has 0 bridgehead atoms. The van der Waals surface area contributed by atoms with Crippen molar-refractivity contribution in [2.24, 2.45) is 0 Å². The fraction of sp³-hybridized carbons (Fsp3) is 0.273. The first-order valence-corrected chi connectivity index (χ1v) is 6.73. The molecule has 4 nitrogen and oxygen atoms in total. The van der Waals surface area contributed by atoms with Crippen LogP contribution in [0.3, 0.4) is 0 Å². The van der Waals surface area contributed by atoms with E-state index in [9.17, 15) is 9.59 Å². The second-order valence-electron chi connectivity index (χ2n) is 3.20. The lowest BCUT2D eigenvalue weighted by molar-refractivity contribution is -0.137. The van der Waals surface area contributed by atoms with E-state index in [4.69, 9.17) is 5.11 Å². The third kappa shape index (κ3) is 5.74. The lowest BCUT2D eigenvalue weighted by Crippen LogP contribution is -2.29. The SMILES string of the molecule is O=C(O)CNC(=O)CCSc1ccccc1Br. The van der Waals surface area contributed by atoms with Gasteiger partial charge in [0.2, 0.25) is 5.91 Å². The first-order valence-electron chi connectivity index (χ1n) is 4.95. The van der Waals surface area contributed by atoms with Crippen LogP contribution < -0.4 is 5.32 Å². The number of amides is 1. The zero-order valence-corrected chi connectivity index (χ0v) is 11.4. The summed E-state index contributed by atoms with van der Waals surface area (Å²) in [6.45, 7) is -0.321. The predicted molar refractivity (Wildman–Crippen MR) is 70.1 cm³/mol. The van der Waals surface area contributed by atoms with Gasteiger partial charge in [-0.15, -0.1) is 11.8 Å². The number of carboxylic acids is 1. The maximum atomic E-state index is 11.2. The van der Waals surface area contributed by atoms with Gasteiger partial charge in [-0.2, -0.15) is 0 Å². The van der Waals surface area contributed by atoms with Gasteiger partial charge in [-0.3, -0.25) is 9.59 Å². The van der Waals surface area contributed by atoms with E-state index >= 15 is 0 Å². The van der Waals surface area contributed by atoms with Gasteiger partial charge in [0, 0.05) is 21.5 Å². The Morgan fingerprint density at radius 2 is 2.06 bits per heavy atom. The zero-order chi connectivity index (χ0) is 12.7. The molecule has 0 radical (unpaired) electrons. The van der Waals surface area contributed by atoms with E-state index in [-0.39, 0.29) is 12.5 Å².